The third kappa shape index (κ3) is 5.06. The topological polar surface area (TPSA) is 109 Å². The molecule has 1 unspecified atom stereocenters. The first kappa shape index (κ1) is 21.8. The van der Waals surface area contributed by atoms with Crippen LogP contribution >= 0.6 is 0 Å². The Kier molecular flexibility index (Phi) is 6.12. The van der Waals surface area contributed by atoms with Crippen LogP contribution in [0.15, 0.2) is 0 Å². The summed E-state index contributed by atoms with van der Waals surface area (Å²) in [7, 11) is 1.06. The van der Waals surface area contributed by atoms with E-state index in [9.17, 15) is 22.8 Å². The van der Waals surface area contributed by atoms with Gasteiger partial charge in [-0.3, -0.25) is 4.90 Å². The van der Waals surface area contributed by atoms with E-state index in [1.165, 1.54) is 4.90 Å². The third-order valence-corrected chi connectivity index (χ3v) is 3.83. The number of ether oxygens (including phenoxy) is 3. The van der Waals surface area contributed by atoms with Crippen LogP contribution in [0.1, 0.15) is 42.9 Å². The number of anilines is 1. The summed E-state index contributed by atoms with van der Waals surface area (Å²) in [6, 6.07) is -0.959. The summed E-state index contributed by atoms with van der Waals surface area (Å²) in [4.78, 5) is 25.9. The summed E-state index contributed by atoms with van der Waals surface area (Å²) in [5.74, 6) is -1.38. The highest BCUT2D eigenvalue weighted by atomic mass is 19.4. The molecule has 1 aliphatic heterocycles. The number of nitrogens with zero attached hydrogens (tertiary/aromatic N) is 3. The monoisotopic (exact) mass is 408 g/mol. The SMILES string of the molecule is COC(=O)c1nn(CC(F)(F)F)c(N)c1C1COCCN1C(=O)OC(C)(C)C. The van der Waals surface area contributed by atoms with Gasteiger partial charge in [0.15, 0.2) is 5.69 Å². The number of amides is 1. The second kappa shape index (κ2) is 7.86. The molecule has 1 amide bonds. The van der Waals surface area contributed by atoms with E-state index >= 15 is 0 Å². The number of carbonyl (C=O) groups excluding carboxylic acids is 2. The number of morpholine rings is 1. The Morgan fingerprint density at radius 3 is 2.50 bits per heavy atom. The van der Waals surface area contributed by atoms with E-state index in [1.807, 2.05) is 0 Å². The molecule has 1 aliphatic rings. The van der Waals surface area contributed by atoms with Crippen LogP contribution in [-0.2, 0) is 20.8 Å². The molecule has 0 aromatic carbocycles. The first-order chi connectivity index (χ1) is 12.8. The van der Waals surface area contributed by atoms with E-state index in [1.54, 1.807) is 20.8 Å². The smallest absolute Gasteiger partial charge is 0.410 e. The van der Waals surface area contributed by atoms with Gasteiger partial charge < -0.3 is 19.9 Å². The van der Waals surface area contributed by atoms with Crippen molar-refractivity contribution in [1.82, 2.24) is 14.7 Å². The zero-order valence-corrected chi connectivity index (χ0v) is 16.0. The maximum absolute atomic E-state index is 12.8. The standard InChI is InChI=1S/C16H23F3N4O5/c1-15(2,3)28-14(25)22-5-6-27-7-9(22)10-11(13(24)26-4)21-23(12(10)20)8-16(17,18)19/h9H,5-8,20H2,1-4H3. The van der Waals surface area contributed by atoms with Gasteiger partial charge in [-0.2, -0.15) is 18.3 Å². The average Bonchev–Trinajstić information content (AvgIpc) is 2.87. The van der Waals surface area contributed by atoms with Crippen molar-refractivity contribution in [2.24, 2.45) is 0 Å². The van der Waals surface area contributed by atoms with Crippen LogP contribution in [0.4, 0.5) is 23.8 Å². The number of alkyl halides is 3. The largest absolute Gasteiger partial charge is 0.464 e. The second-order valence-electron chi connectivity index (χ2n) is 7.18. The quantitative estimate of drug-likeness (QED) is 0.763. The highest BCUT2D eigenvalue weighted by molar-refractivity contribution is 5.91. The molecule has 1 fully saturated rings. The van der Waals surface area contributed by atoms with Crippen LogP contribution in [0.3, 0.4) is 0 Å². The molecule has 28 heavy (non-hydrogen) atoms. The molecular formula is C16H23F3N4O5. The summed E-state index contributed by atoms with van der Waals surface area (Å²) < 4.78 is 54.3. The molecule has 158 valence electrons. The van der Waals surface area contributed by atoms with Gasteiger partial charge in [0.1, 0.15) is 18.0 Å². The van der Waals surface area contributed by atoms with Crippen LogP contribution < -0.4 is 5.73 Å². The van der Waals surface area contributed by atoms with E-state index < -0.39 is 47.9 Å². The Morgan fingerprint density at radius 2 is 1.96 bits per heavy atom. The zero-order chi connectivity index (χ0) is 21.3. The Bertz CT molecular complexity index is 742. The Hall–Kier alpha value is -2.50. The summed E-state index contributed by atoms with van der Waals surface area (Å²) in [6.07, 6.45) is -5.32. The minimum absolute atomic E-state index is 0.0679. The molecule has 12 heteroatoms. The lowest BCUT2D eigenvalue weighted by molar-refractivity contribution is -0.142. The van der Waals surface area contributed by atoms with E-state index in [4.69, 9.17) is 15.2 Å². The van der Waals surface area contributed by atoms with Gasteiger partial charge in [0, 0.05) is 6.54 Å². The number of hydrogen-bond acceptors (Lipinski definition) is 7. The third-order valence-electron chi connectivity index (χ3n) is 3.83. The van der Waals surface area contributed by atoms with Gasteiger partial charge in [0.25, 0.3) is 0 Å². The molecule has 0 bridgehead atoms. The Morgan fingerprint density at radius 1 is 1.32 bits per heavy atom. The fraction of sp³-hybridized carbons (Fsp3) is 0.688. The molecule has 1 saturated heterocycles. The molecule has 0 radical (unpaired) electrons. The van der Waals surface area contributed by atoms with E-state index in [0.29, 0.717) is 4.68 Å². The fourth-order valence-corrected chi connectivity index (χ4v) is 2.74. The first-order valence-corrected chi connectivity index (χ1v) is 8.42. The van der Waals surface area contributed by atoms with Gasteiger partial charge >= 0.3 is 18.2 Å². The summed E-state index contributed by atoms with van der Waals surface area (Å²) in [5, 5.41) is 3.67. The van der Waals surface area contributed by atoms with Gasteiger partial charge in [0.2, 0.25) is 0 Å². The lowest BCUT2D eigenvalue weighted by Crippen LogP contribution is -2.46. The molecule has 2 rings (SSSR count). The number of rotatable bonds is 3. The number of nitrogen functional groups attached to an aromatic ring is 1. The Labute approximate surface area is 159 Å². The van der Waals surface area contributed by atoms with Crippen LogP contribution in [0.5, 0.6) is 0 Å². The molecule has 9 nitrogen and oxygen atoms in total. The van der Waals surface area contributed by atoms with Crippen molar-refractivity contribution in [3.8, 4) is 0 Å². The molecule has 1 aromatic heterocycles. The maximum Gasteiger partial charge on any atom is 0.410 e. The molecule has 2 N–H and O–H groups in total. The second-order valence-corrected chi connectivity index (χ2v) is 7.18. The first-order valence-electron chi connectivity index (χ1n) is 8.42. The lowest BCUT2D eigenvalue weighted by atomic mass is 10.0. The van der Waals surface area contributed by atoms with E-state index in [2.05, 4.69) is 9.84 Å². The molecule has 0 spiro atoms. The summed E-state index contributed by atoms with van der Waals surface area (Å²) >= 11 is 0. The minimum Gasteiger partial charge on any atom is -0.464 e. The van der Waals surface area contributed by atoms with Crippen molar-refractivity contribution in [3.05, 3.63) is 11.3 Å². The fourth-order valence-electron chi connectivity index (χ4n) is 2.74. The number of aromatic nitrogens is 2. The van der Waals surface area contributed by atoms with Crippen molar-refractivity contribution < 1.29 is 37.0 Å². The van der Waals surface area contributed by atoms with Crippen molar-refractivity contribution in [2.75, 3.05) is 32.6 Å². The molecule has 0 saturated carbocycles. The van der Waals surface area contributed by atoms with Crippen molar-refractivity contribution >= 4 is 17.9 Å². The Balaban J connectivity index is 2.49. The van der Waals surface area contributed by atoms with Crippen LogP contribution in [0, 0.1) is 0 Å². The number of esters is 1. The lowest BCUT2D eigenvalue weighted by Gasteiger charge is -2.36. The van der Waals surface area contributed by atoms with Crippen LogP contribution in [-0.4, -0.2) is 65.4 Å². The number of nitrogens with two attached hydrogens (primary N) is 1. The molecular weight excluding hydrogens is 385 g/mol. The number of hydrogen-bond donors (Lipinski definition) is 1. The highest BCUT2D eigenvalue weighted by Crippen LogP contribution is 2.34. The van der Waals surface area contributed by atoms with Crippen molar-refractivity contribution in [2.45, 2.75) is 45.1 Å². The summed E-state index contributed by atoms with van der Waals surface area (Å²) in [6.45, 7) is 3.74. The van der Waals surface area contributed by atoms with Gasteiger partial charge in [-0.1, -0.05) is 0 Å². The average molecular weight is 408 g/mol. The number of carbonyl (C=O) groups is 2. The minimum atomic E-state index is -4.61. The molecule has 0 aliphatic carbocycles. The molecule has 2 heterocycles. The maximum atomic E-state index is 12.8. The van der Waals surface area contributed by atoms with E-state index in [-0.39, 0.29) is 25.3 Å². The van der Waals surface area contributed by atoms with Gasteiger partial charge in [-0.05, 0) is 20.8 Å². The predicted octanol–water partition coefficient (Wildman–Crippen LogP) is 2.12. The predicted molar refractivity (Wildman–Crippen MR) is 90.5 cm³/mol. The number of halogens is 3. The van der Waals surface area contributed by atoms with Crippen molar-refractivity contribution in [1.29, 1.82) is 0 Å². The van der Waals surface area contributed by atoms with E-state index in [0.717, 1.165) is 7.11 Å². The van der Waals surface area contributed by atoms with Gasteiger partial charge in [-0.25, -0.2) is 14.3 Å². The zero-order valence-electron chi connectivity index (χ0n) is 16.0. The molecule has 1 atom stereocenters. The van der Waals surface area contributed by atoms with Gasteiger partial charge in [0.05, 0.1) is 31.9 Å². The highest BCUT2D eigenvalue weighted by Gasteiger charge is 2.39. The molecule has 1 aromatic rings. The van der Waals surface area contributed by atoms with Gasteiger partial charge in [-0.15, -0.1) is 0 Å². The summed E-state index contributed by atoms with van der Waals surface area (Å²) in [5.41, 5.74) is 4.61. The normalized spacial score (nSPS) is 18.1. The van der Waals surface area contributed by atoms with Crippen LogP contribution in [0.2, 0.25) is 0 Å². The number of methoxy groups -OCH3 is 1. The van der Waals surface area contributed by atoms with Crippen molar-refractivity contribution in [3.63, 3.8) is 0 Å². The van der Waals surface area contributed by atoms with Crippen LogP contribution in [0.25, 0.3) is 0 Å².